The van der Waals surface area contributed by atoms with Crippen LogP contribution in [0.5, 0.6) is 0 Å². The molecular weight excluding hydrogens is 290 g/mol. The van der Waals surface area contributed by atoms with Gasteiger partial charge in [0.05, 0.1) is 6.54 Å². The summed E-state index contributed by atoms with van der Waals surface area (Å²) < 4.78 is 31.4. The van der Waals surface area contributed by atoms with Gasteiger partial charge in [-0.2, -0.15) is 0 Å². The Hall–Kier alpha value is -2.44. The van der Waals surface area contributed by atoms with Crippen molar-refractivity contribution in [2.45, 2.75) is 13.0 Å². The van der Waals surface area contributed by atoms with Gasteiger partial charge in [0.1, 0.15) is 23.6 Å². The molecular formula is C15H18F2N4O. The third-order valence-corrected chi connectivity index (χ3v) is 3.15. The van der Waals surface area contributed by atoms with Crippen LogP contribution in [0.4, 0.5) is 8.78 Å². The largest absolute Gasteiger partial charge is 0.364 e. The molecule has 0 saturated heterocycles. The lowest BCUT2D eigenvalue weighted by Crippen LogP contribution is -2.39. The van der Waals surface area contributed by atoms with E-state index in [1.54, 1.807) is 13.1 Å². The van der Waals surface area contributed by atoms with Crippen LogP contribution in [0.1, 0.15) is 11.3 Å². The fraction of sp³-hybridized carbons (Fsp3) is 0.333. The second-order valence-corrected chi connectivity index (χ2v) is 4.81. The van der Waals surface area contributed by atoms with Crippen LogP contribution in [0.15, 0.2) is 40.0 Å². The van der Waals surface area contributed by atoms with Gasteiger partial charge in [-0.15, -0.1) is 0 Å². The van der Waals surface area contributed by atoms with Crippen molar-refractivity contribution in [2.75, 3.05) is 20.6 Å². The van der Waals surface area contributed by atoms with Crippen molar-refractivity contribution in [3.05, 3.63) is 53.4 Å². The van der Waals surface area contributed by atoms with Crippen LogP contribution in [-0.2, 0) is 13.0 Å². The Balaban J connectivity index is 1.87. The third kappa shape index (κ3) is 4.28. The van der Waals surface area contributed by atoms with Gasteiger partial charge < -0.3 is 14.7 Å². The summed E-state index contributed by atoms with van der Waals surface area (Å²) in [4.78, 5) is 6.01. The lowest BCUT2D eigenvalue weighted by molar-refractivity contribution is 0.391. The van der Waals surface area contributed by atoms with Crippen LogP contribution in [0.25, 0.3) is 0 Å². The Kier molecular flexibility index (Phi) is 5.46. The summed E-state index contributed by atoms with van der Waals surface area (Å²) in [5, 5.41) is 6.94. The molecule has 1 N–H and O–H groups in total. The first kappa shape index (κ1) is 15.9. The van der Waals surface area contributed by atoms with Crippen LogP contribution in [0.2, 0.25) is 0 Å². The van der Waals surface area contributed by atoms with Gasteiger partial charge in [0.15, 0.2) is 5.96 Å². The Bertz CT molecular complexity index is 628. The first-order valence-electron chi connectivity index (χ1n) is 6.85. The van der Waals surface area contributed by atoms with Gasteiger partial charge in [0, 0.05) is 26.7 Å². The standard InChI is InChI=1S/C15H18F2N4O/c1-18-15(21(2)10-13-6-8-22-20-13)19-7-5-11-9-12(16)3-4-14(11)17/h3-4,6,8-9H,5,7,10H2,1-2H3,(H,18,19). The second-order valence-electron chi connectivity index (χ2n) is 4.81. The fourth-order valence-corrected chi connectivity index (χ4v) is 2.07. The van der Waals surface area contributed by atoms with Crippen molar-refractivity contribution in [1.29, 1.82) is 0 Å². The van der Waals surface area contributed by atoms with E-state index >= 15 is 0 Å². The van der Waals surface area contributed by atoms with Crippen LogP contribution < -0.4 is 5.32 Å². The minimum atomic E-state index is -0.441. The molecule has 0 bridgehead atoms. The molecule has 0 aliphatic rings. The van der Waals surface area contributed by atoms with E-state index in [2.05, 4.69) is 15.5 Å². The van der Waals surface area contributed by atoms with Crippen molar-refractivity contribution in [1.82, 2.24) is 15.4 Å². The number of hydrogen-bond donors (Lipinski definition) is 1. The second kappa shape index (κ2) is 7.53. The number of guanidine groups is 1. The molecule has 0 spiro atoms. The van der Waals surface area contributed by atoms with Gasteiger partial charge in [-0.25, -0.2) is 8.78 Å². The molecule has 2 aromatic rings. The Morgan fingerprint density at radius 3 is 2.86 bits per heavy atom. The van der Waals surface area contributed by atoms with Crippen LogP contribution in [0.3, 0.4) is 0 Å². The molecule has 0 atom stereocenters. The molecule has 0 saturated carbocycles. The van der Waals surface area contributed by atoms with Crippen LogP contribution in [-0.4, -0.2) is 36.7 Å². The summed E-state index contributed by atoms with van der Waals surface area (Å²) in [6.45, 7) is 0.973. The molecule has 2 rings (SSSR count). The van der Waals surface area contributed by atoms with Crippen molar-refractivity contribution in [3.8, 4) is 0 Å². The first-order chi connectivity index (χ1) is 10.6. The maximum absolute atomic E-state index is 13.5. The molecule has 0 amide bonds. The topological polar surface area (TPSA) is 53.7 Å². The quantitative estimate of drug-likeness (QED) is 0.679. The SMILES string of the molecule is CN=C(NCCc1cc(F)ccc1F)N(C)Cc1ccon1. The summed E-state index contributed by atoms with van der Waals surface area (Å²) in [5.41, 5.74) is 1.11. The molecule has 7 heteroatoms. The molecule has 0 aliphatic heterocycles. The number of aromatic nitrogens is 1. The zero-order valence-corrected chi connectivity index (χ0v) is 12.5. The Labute approximate surface area is 127 Å². The van der Waals surface area contributed by atoms with Gasteiger partial charge >= 0.3 is 0 Å². The average molecular weight is 308 g/mol. The minimum absolute atomic E-state index is 0.335. The summed E-state index contributed by atoms with van der Waals surface area (Å²) >= 11 is 0. The molecule has 1 aromatic carbocycles. The molecule has 0 aliphatic carbocycles. The van der Waals surface area contributed by atoms with Gasteiger partial charge in [-0.1, -0.05) is 5.16 Å². The highest BCUT2D eigenvalue weighted by Gasteiger charge is 2.09. The highest BCUT2D eigenvalue weighted by molar-refractivity contribution is 5.79. The van der Waals surface area contributed by atoms with Crippen molar-refractivity contribution in [3.63, 3.8) is 0 Å². The normalized spacial score (nSPS) is 11.5. The molecule has 118 valence electrons. The number of hydrogen-bond acceptors (Lipinski definition) is 3. The Morgan fingerprint density at radius 2 is 2.18 bits per heavy atom. The predicted molar refractivity (Wildman–Crippen MR) is 79.4 cm³/mol. The zero-order chi connectivity index (χ0) is 15.9. The van der Waals surface area contributed by atoms with Gasteiger partial charge in [0.25, 0.3) is 0 Å². The predicted octanol–water partition coefficient (Wildman–Crippen LogP) is 2.20. The third-order valence-electron chi connectivity index (χ3n) is 3.15. The highest BCUT2D eigenvalue weighted by Crippen LogP contribution is 2.10. The number of benzene rings is 1. The zero-order valence-electron chi connectivity index (χ0n) is 12.5. The average Bonchev–Trinajstić information content (AvgIpc) is 2.99. The monoisotopic (exact) mass is 308 g/mol. The molecule has 0 radical (unpaired) electrons. The van der Waals surface area contributed by atoms with E-state index in [1.807, 2.05) is 11.9 Å². The molecule has 0 unspecified atom stereocenters. The van der Waals surface area contributed by atoms with Crippen LogP contribution in [0, 0.1) is 11.6 Å². The number of aliphatic imine (C=N–C) groups is 1. The van der Waals surface area contributed by atoms with Crippen LogP contribution >= 0.6 is 0 Å². The van der Waals surface area contributed by atoms with Crippen molar-refractivity contribution >= 4 is 5.96 Å². The summed E-state index contributed by atoms with van der Waals surface area (Å²) in [6.07, 6.45) is 1.87. The number of nitrogens with one attached hydrogen (secondary N) is 1. The lowest BCUT2D eigenvalue weighted by Gasteiger charge is -2.21. The van der Waals surface area contributed by atoms with E-state index in [4.69, 9.17) is 4.52 Å². The smallest absolute Gasteiger partial charge is 0.193 e. The van der Waals surface area contributed by atoms with Crippen molar-refractivity contribution < 1.29 is 13.3 Å². The van der Waals surface area contributed by atoms with E-state index in [9.17, 15) is 8.78 Å². The summed E-state index contributed by atoms with van der Waals surface area (Å²) in [6, 6.07) is 5.22. The van der Waals surface area contributed by atoms with E-state index < -0.39 is 11.6 Å². The highest BCUT2D eigenvalue weighted by atomic mass is 19.1. The Morgan fingerprint density at radius 1 is 1.36 bits per heavy atom. The number of nitrogens with zero attached hydrogens (tertiary/aromatic N) is 3. The van der Waals surface area contributed by atoms with E-state index in [1.165, 1.54) is 12.3 Å². The lowest BCUT2D eigenvalue weighted by atomic mass is 10.1. The van der Waals surface area contributed by atoms with E-state index in [0.29, 0.717) is 31.0 Å². The molecule has 5 nitrogen and oxygen atoms in total. The molecule has 1 heterocycles. The fourth-order valence-electron chi connectivity index (χ4n) is 2.07. The molecule has 22 heavy (non-hydrogen) atoms. The maximum atomic E-state index is 13.5. The van der Waals surface area contributed by atoms with Gasteiger partial charge in [-0.05, 0) is 30.2 Å². The molecule has 0 fully saturated rings. The number of rotatable bonds is 5. The van der Waals surface area contributed by atoms with Gasteiger partial charge in [-0.3, -0.25) is 4.99 Å². The van der Waals surface area contributed by atoms with Crippen molar-refractivity contribution in [2.24, 2.45) is 4.99 Å². The molecule has 1 aromatic heterocycles. The first-order valence-corrected chi connectivity index (χ1v) is 6.85. The summed E-state index contributed by atoms with van der Waals surface area (Å²) in [5.74, 6) is -0.210. The minimum Gasteiger partial charge on any atom is -0.364 e. The van der Waals surface area contributed by atoms with Gasteiger partial charge in [0.2, 0.25) is 0 Å². The van der Waals surface area contributed by atoms with E-state index in [0.717, 1.165) is 17.8 Å². The maximum Gasteiger partial charge on any atom is 0.193 e. The van der Waals surface area contributed by atoms with E-state index in [-0.39, 0.29) is 0 Å². The summed E-state index contributed by atoms with van der Waals surface area (Å²) in [7, 11) is 3.51. The number of halogens is 2.